The zero-order valence-electron chi connectivity index (χ0n) is 13.9. The molecule has 4 rings (SSSR count). The first-order chi connectivity index (χ1) is 12.8. The van der Waals surface area contributed by atoms with E-state index >= 15 is 0 Å². The second kappa shape index (κ2) is 7.93. The van der Waals surface area contributed by atoms with Crippen molar-refractivity contribution in [2.75, 3.05) is 0 Å². The van der Waals surface area contributed by atoms with E-state index in [0.29, 0.717) is 6.54 Å². The summed E-state index contributed by atoms with van der Waals surface area (Å²) in [6.45, 7) is 0.604. The summed E-state index contributed by atoms with van der Waals surface area (Å²) in [6.07, 6.45) is 1.69. The lowest BCUT2D eigenvalue weighted by Crippen LogP contribution is -2.03. The van der Waals surface area contributed by atoms with Crippen molar-refractivity contribution in [1.82, 2.24) is 14.8 Å². The number of nitrogens with zero attached hydrogens (tertiary/aromatic N) is 3. The maximum Gasteiger partial charge on any atom is 0.192 e. The van der Waals surface area contributed by atoms with Gasteiger partial charge in [0.2, 0.25) is 0 Å². The van der Waals surface area contributed by atoms with Crippen LogP contribution in [-0.2, 0) is 12.3 Å². The van der Waals surface area contributed by atoms with Crippen LogP contribution < -0.4 is 0 Å². The predicted molar refractivity (Wildman–Crippen MR) is 107 cm³/mol. The van der Waals surface area contributed by atoms with Crippen molar-refractivity contribution >= 4 is 27.7 Å². The first kappa shape index (κ1) is 17.1. The molecule has 2 aromatic heterocycles. The first-order valence-corrected chi connectivity index (χ1v) is 9.96. The minimum atomic E-state index is 0.604. The van der Waals surface area contributed by atoms with E-state index in [-0.39, 0.29) is 0 Å². The van der Waals surface area contributed by atoms with Crippen LogP contribution in [0, 0.1) is 0 Å². The fourth-order valence-electron chi connectivity index (χ4n) is 2.63. The highest BCUT2D eigenvalue weighted by atomic mass is 79.9. The lowest BCUT2D eigenvalue weighted by atomic mass is 10.2. The molecule has 6 heteroatoms. The van der Waals surface area contributed by atoms with Crippen molar-refractivity contribution in [2.45, 2.75) is 17.5 Å². The summed E-state index contributed by atoms with van der Waals surface area (Å²) in [5.74, 6) is 2.56. The molecule has 0 bridgehead atoms. The molecule has 0 atom stereocenters. The lowest BCUT2D eigenvalue weighted by Gasteiger charge is -2.09. The Kier molecular flexibility index (Phi) is 5.22. The second-order valence-electron chi connectivity index (χ2n) is 5.75. The molecule has 130 valence electrons. The highest BCUT2D eigenvalue weighted by Crippen LogP contribution is 2.27. The van der Waals surface area contributed by atoms with E-state index in [9.17, 15) is 0 Å². The Balaban J connectivity index is 1.63. The van der Waals surface area contributed by atoms with Crippen LogP contribution in [0.4, 0.5) is 0 Å². The van der Waals surface area contributed by atoms with Gasteiger partial charge >= 0.3 is 0 Å². The van der Waals surface area contributed by atoms with E-state index in [1.165, 1.54) is 5.56 Å². The summed E-state index contributed by atoms with van der Waals surface area (Å²) in [6, 6.07) is 22.3. The van der Waals surface area contributed by atoms with Gasteiger partial charge in [-0.15, -0.1) is 10.2 Å². The smallest absolute Gasteiger partial charge is 0.192 e. The zero-order chi connectivity index (χ0) is 17.8. The van der Waals surface area contributed by atoms with Gasteiger partial charge in [-0.2, -0.15) is 0 Å². The van der Waals surface area contributed by atoms with Gasteiger partial charge in [0, 0.05) is 15.8 Å². The molecule has 0 spiro atoms. The number of hydrogen-bond donors (Lipinski definition) is 0. The summed E-state index contributed by atoms with van der Waals surface area (Å²) >= 11 is 5.15. The standard InChI is InChI=1S/C20H16BrN3OS/c21-17-10-8-15(9-11-17)14-26-20-23-22-19(16-5-2-1-3-6-16)24(20)13-18-7-4-12-25-18/h1-12H,13-14H2. The average molecular weight is 426 g/mol. The molecule has 0 radical (unpaired) electrons. The molecule has 0 unspecified atom stereocenters. The van der Waals surface area contributed by atoms with Gasteiger partial charge in [-0.3, -0.25) is 4.57 Å². The molecule has 0 amide bonds. The number of rotatable bonds is 6. The zero-order valence-corrected chi connectivity index (χ0v) is 16.3. The predicted octanol–water partition coefficient (Wildman–Crippen LogP) is 5.64. The SMILES string of the molecule is Brc1ccc(CSc2nnc(-c3ccccc3)n2Cc2ccco2)cc1. The van der Waals surface area contributed by atoms with Gasteiger partial charge in [0.1, 0.15) is 5.76 Å². The van der Waals surface area contributed by atoms with Gasteiger partial charge in [-0.1, -0.05) is 70.2 Å². The summed E-state index contributed by atoms with van der Waals surface area (Å²) in [5.41, 5.74) is 2.29. The maximum absolute atomic E-state index is 5.54. The Hall–Kier alpha value is -2.31. The number of hydrogen-bond acceptors (Lipinski definition) is 4. The van der Waals surface area contributed by atoms with Crippen molar-refractivity contribution in [3.05, 3.63) is 88.8 Å². The fraction of sp³-hybridized carbons (Fsp3) is 0.100. The molecular weight excluding hydrogens is 410 g/mol. The molecule has 4 aromatic rings. The van der Waals surface area contributed by atoms with Crippen LogP contribution in [0.5, 0.6) is 0 Å². The van der Waals surface area contributed by atoms with E-state index in [4.69, 9.17) is 4.42 Å². The third-order valence-electron chi connectivity index (χ3n) is 3.92. The summed E-state index contributed by atoms with van der Waals surface area (Å²) in [5, 5.41) is 9.74. The van der Waals surface area contributed by atoms with E-state index in [0.717, 1.165) is 32.5 Å². The van der Waals surface area contributed by atoms with Gasteiger partial charge in [0.15, 0.2) is 11.0 Å². The molecule has 4 nitrogen and oxygen atoms in total. The monoisotopic (exact) mass is 425 g/mol. The van der Waals surface area contributed by atoms with Gasteiger partial charge in [-0.25, -0.2) is 0 Å². The summed E-state index contributed by atoms with van der Waals surface area (Å²) in [7, 11) is 0. The highest BCUT2D eigenvalue weighted by molar-refractivity contribution is 9.10. The van der Waals surface area contributed by atoms with Crippen LogP contribution in [0.25, 0.3) is 11.4 Å². The lowest BCUT2D eigenvalue weighted by molar-refractivity contribution is 0.485. The molecule has 26 heavy (non-hydrogen) atoms. The largest absolute Gasteiger partial charge is 0.467 e. The van der Waals surface area contributed by atoms with Crippen LogP contribution in [0.1, 0.15) is 11.3 Å². The number of thioether (sulfide) groups is 1. The van der Waals surface area contributed by atoms with E-state index in [2.05, 4.69) is 55.0 Å². The minimum absolute atomic E-state index is 0.604. The molecule has 0 saturated heterocycles. The van der Waals surface area contributed by atoms with E-state index < -0.39 is 0 Å². The van der Waals surface area contributed by atoms with Crippen LogP contribution in [0.2, 0.25) is 0 Å². The van der Waals surface area contributed by atoms with Crippen molar-refractivity contribution in [3.8, 4) is 11.4 Å². The molecular formula is C20H16BrN3OS. The van der Waals surface area contributed by atoms with Crippen molar-refractivity contribution in [3.63, 3.8) is 0 Å². The number of benzene rings is 2. The van der Waals surface area contributed by atoms with E-state index in [1.807, 2.05) is 42.5 Å². The molecule has 0 aliphatic rings. The fourth-order valence-corrected chi connectivity index (χ4v) is 3.78. The summed E-state index contributed by atoms with van der Waals surface area (Å²) < 4.78 is 8.73. The first-order valence-electron chi connectivity index (χ1n) is 8.18. The molecule has 0 N–H and O–H groups in total. The van der Waals surface area contributed by atoms with E-state index in [1.54, 1.807) is 18.0 Å². The third kappa shape index (κ3) is 3.92. The van der Waals surface area contributed by atoms with Crippen LogP contribution >= 0.6 is 27.7 Å². The Bertz CT molecular complexity index is 966. The quantitative estimate of drug-likeness (QED) is 0.374. The highest BCUT2D eigenvalue weighted by Gasteiger charge is 2.15. The second-order valence-corrected chi connectivity index (χ2v) is 7.61. The Morgan fingerprint density at radius 1 is 0.923 bits per heavy atom. The van der Waals surface area contributed by atoms with Crippen LogP contribution in [-0.4, -0.2) is 14.8 Å². The molecule has 0 aliphatic carbocycles. The van der Waals surface area contributed by atoms with Gasteiger partial charge in [0.05, 0.1) is 12.8 Å². The Morgan fingerprint density at radius 2 is 1.73 bits per heavy atom. The van der Waals surface area contributed by atoms with Crippen LogP contribution in [0.3, 0.4) is 0 Å². The van der Waals surface area contributed by atoms with Crippen molar-refractivity contribution in [2.24, 2.45) is 0 Å². The van der Waals surface area contributed by atoms with Gasteiger partial charge < -0.3 is 4.42 Å². The van der Waals surface area contributed by atoms with Crippen LogP contribution in [0.15, 0.2) is 87.0 Å². The van der Waals surface area contributed by atoms with Crippen molar-refractivity contribution in [1.29, 1.82) is 0 Å². The third-order valence-corrected chi connectivity index (χ3v) is 5.49. The number of furan rings is 1. The molecule has 2 aromatic carbocycles. The van der Waals surface area contributed by atoms with Crippen molar-refractivity contribution < 1.29 is 4.42 Å². The molecule has 0 aliphatic heterocycles. The number of halogens is 1. The average Bonchev–Trinajstić information content (AvgIpc) is 3.33. The minimum Gasteiger partial charge on any atom is -0.467 e. The normalized spacial score (nSPS) is 11.0. The molecule has 0 fully saturated rings. The van der Waals surface area contributed by atoms with Gasteiger partial charge in [0.25, 0.3) is 0 Å². The Labute approximate surface area is 164 Å². The maximum atomic E-state index is 5.54. The molecule has 2 heterocycles. The topological polar surface area (TPSA) is 43.9 Å². The molecule has 0 saturated carbocycles. The Morgan fingerprint density at radius 3 is 2.46 bits per heavy atom. The van der Waals surface area contributed by atoms with Gasteiger partial charge in [-0.05, 0) is 29.8 Å². The summed E-state index contributed by atoms with van der Waals surface area (Å²) in [4.78, 5) is 0. The number of aromatic nitrogens is 3.